The Hall–Kier alpha value is -3.94. The van der Waals surface area contributed by atoms with Gasteiger partial charge in [0.2, 0.25) is 5.91 Å². The highest BCUT2D eigenvalue weighted by atomic mass is 16.5. The van der Waals surface area contributed by atoms with Gasteiger partial charge in [0.1, 0.15) is 18.0 Å². The summed E-state index contributed by atoms with van der Waals surface area (Å²) in [7, 11) is 1.53. The lowest BCUT2D eigenvalue weighted by Crippen LogP contribution is -2.38. The first kappa shape index (κ1) is 20.3. The van der Waals surface area contributed by atoms with E-state index in [0.717, 1.165) is 22.4 Å². The van der Waals surface area contributed by atoms with Crippen molar-refractivity contribution in [3.63, 3.8) is 0 Å². The van der Waals surface area contributed by atoms with Crippen LogP contribution in [0, 0.1) is 0 Å². The number of methoxy groups -OCH3 is 1. The van der Waals surface area contributed by atoms with E-state index in [1.54, 1.807) is 29.2 Å². The lowest BCUT2D eigenvalue weighted by atomic mass is 10.1. The van der Waals surface area contributed by atoms with Crippen LogP contribution in [0.4, 0.5) is 11.4 Å². The van der Waals surface area contributed by atoms with E-state index in [1.165, 1.54) is 19.2 Å². The maximum absolute atomic E-state index is 13.2. The van der Waals surface area contributed by atoms with E-state index in [0.29, 0.717) is 11.4 Å². The Morgan fingerprint density at radius 3 is 2.74 bits per heavy atom. The highest BCUT2D eigenvalue weighted by molar-refractivity contribution is 6.06. The summed E-state index contributed by atoms with van der Waals surface area (Å²) in [6.45, 7) is 1.65. The van der Waals surface area contributed by atoms with Gasteiger partial charge in [-0.25, -0.2) is 4.68 Å². The van der Waals surface area contributed by atoms with Gasteiger partial charge in [-0.15, -0.1) is 0 Å². The number of benzene rings is 2. The van der Waals surface area contributed by atoms with E-state index in [9.17, 15) is 14.4 Å². The van der Waals surface area contributed by atoms with Crippen LogP contribution in [-0.4, -0.2) is 34.7 Å². The van der Waals surface area contributed by atoms with Crippen LogP contribution in [0.5, 0.6) is 5.75 Å². The number of hydrogen-bond donors (Lipinski definition) is 1. The maximum atomic E-state index is 13.2. The average Bonchev–Trinajstić information content (AvgIpc) is 3.10. The van der Waals surface area contributed by atoms with Crippen LogP contribution in [0.2, 0.25) is 0 Å². The van der Waals surface area contributed by atoms with Gasteiger partial charge >= 0.3 is 0 Å². The van der Waals surface area contributed by atoms with Gasteiger partial charge in [-0.2, -0.15) is 5.10 Å². The molecule has 1 N–H and O–H groups in total. The number of amides is 2. The number of carbonyl (C=O) groups is 2. The van der Waals surface area contributed by atoms with Crippen LogP contribution in [0.3, 0.4) is 0 Å². The van der Waals surface area contributed by atoms with Crippen LogP contribution in [0.15, 0.2) is 65.5 Å². The second kappa shape index (κ2) is 8.43. The summed E-state index contributed by atoms with van der Waals surface area (Å²) in [5.41, 5.74) is 2.11. The van der Waals surface area contributed by atoms with Gasteiger partial charge in [0.05, 0.1) is 7.11 Å². The van der Waals surface area contributed by atoms with Gasteiger partial charge in [-0.3, -0.25) is 14.4 Å². The first-order chi connectivity index (χ1) is 15.0. The Balaban J connectivity index is 1.54. The Morgan fingerprint density at radius 1 is 1.13 bits per heavy atom. The second-order valence-electron chi connectivity index (χ2n) is 7.35. The first-order valence-corrected chi connectivity index (χ1v) is 9.90. The second-order valence-corrected chi connectivity index (χ2v) is 7.35. The molecule has 0 fully saturated rings. The number of nitrogens with zero attached hydrogens (tertiary/aromatic N) is 3. The van der Waals surface area contributed by atoms with Crippen molar-refractivity contribution in [2.75, 3.05) is 17.3 Å². The van der Waals surface area contributed by atoms with Gasteiger partial charge in [0.15, 0.2) is 0 Å². The Bertz CT molecular complexity index is 1200. The van der Waals surface area contributed by atoms with Crippen LogP contribution in [0.1, 0.15) is 23.0 Å². The number of nitrogens with one attached hydrogen (secondary N) is 1. The molecule has 31 heavy (non-hydrogen) atoms. The number of aromatic nitrogens is 2. The van der Waals surface area contributed by atoms with E-state index >= 15 is 0 Å². The monoisotopic (exact) mass is 418 g/mol. The zero-order chi connectivity index (χ0) is 22.0. The Labute approximate surface area is 179 Å². The number of hydrogen-bond acceptors (Lipinski definition) is 5. The molecule has 4 rings (SSSR count). The smallest absolute Gasteiger partial charge is 0.278 e. The molecule has 0 radical (unpaired) electrons. The molecule has 2 amide bonds. The quantitative estimate of drug-likeness (QED) is 0.687. The molecular formula is C23H22N4O4. The summed E-state index contributed by atoms with van der Waals surface area (Å²) in [6.07, 6.45) is 0.754. The number of anilines is 2. The number of para-hydroxylation sites is 1. The van der Waals surface area contributed by atoms with E-state index in [1.807, 2.05) is 31.2 Å². The molecule has 1 atom stereocenters. The normalized spacial score (nSPS) is 14.8. The molecule has 0 saturated carbocycles. The first-order valence-electron chi connectivity index (χ1n) is 9.90. The molecule has 0 aliphatic carbocycles. The number of fused-ring (bicyclic) bond motifs is 1. The summed E-state index contributed by atoms with van der Waals surface area (Å²) in [5.74, 6) is -0.146. The van der Waals surface area contributed by atoms with Gasteiger partial charge in [-0.05, 0) is 43.2 Å². The van der Waals surface area contributed by atoms with Crippen molar-refractivity contribution in [3.8, 4) is 5.75 Å². The highest BCUT2D eigenvalue weighted by Gasteiger charge is 2.32. The summed E-state index contributed by atoms with van der Waals surface area (Å²) in [4.78, 5) is 39.5. The van der Waals surface area contributed by atoms with Crippen LogP contribution >= 0.6 is 0 Å². The Kier molecular flexibility index (Phi) is 5.53. The van der Waals surface area contributed by atoms with Crippen molar-refractivity contribution >= 4 is 23.2 Å². The third-order valence-corrected chi connectivity index (χ3v) is 5.16. The Morgan fingerprint density at radius 2 is 1.94 bits per heavy atom. The fourth-order valence-electron chi connectivity index (χ4n) is 3.71. The predicted molar refractivity (Wildman–Crippen MR) is 117 cm³/mol. The molecule has 8 nitrogen and oxygen atoms in total. The fourth-order valence-corrected chi connectivity index (χ4v) is 3.71. The maximum Gasteiger partial charge on any atom is 0.278 e. The topological polar surface area (TPSA) is 93.5 Å². The molecular weight excluding hydrogens is 396 g/mol. The van der Waals surface area contributed by atoms with Crippen molar-refractivity contribution in [2.45, 2.75) is 25.9 Å². The lowest BCUT2D eigenvalue weighted by molar-refractivity contribution is -0.117. The highest BCUT2D eigenvalue weighted by Crippen LogP contribution is 2.32. The van der Waals surface area contributed by atoms with E-state index in [4.69, 9.17) is 4.74 Å². The molecule has 0 bridgehead atoms. The van der Waals surface area contributed by atoms with Crippen molar-refractivity contribution in [3.05, 3.63) is 82.3 Å². The van der Waals surface area contributed by atoms with Crippen LogP contribution < -0.4 is 20.5 Å². The molecule has 1 aliphatic heterocycles. The zero-order valence-corrected chi connectivity index (χ0v) is 17.2. The van der Waals surface area contributed by atoms with Crippen molar-refractivity contribution < 1.29 is 14.3 Å². The van der Waals surface area contributed by atoms with E-state index in [2.05, 4.69) is 10.4 Å². The largest absolute Gasteiger partial charge is 0.497 e. The zero-order valence-electron chi connectivity index (χ0n) is 17.2. The number of ether oxygens (including phenoxy) is 1. The minimum absolute atomic E-state index is 0.0246. The third kappa shape index (κ3) is 4.18. The van der Waals surface area contributed by atoms with Crippen LogP contribution in [-0.2, 0) is 17.8 Å². The van der Waals surface area contributed by atoms with E-state index < -0.39 is 11.5 Å². The number of carbonyl (C=O) groups excluding carboxylic acids is 2. The molecule has 3 aromatic rings. The minimum atomic E-state index is -0.466. The standard InChI is InChI=1S/C23H22N4O4/c1-15-12-16-6-3-4-9-20(16)27(15)23(30)19-10-11-22(29)26(25-19)14-21(28)24-17-7-5-8-18(13-17)31-2/h3-11,13,15H,12,14H2,1-2H3,(H,24,28)/t15-/m0/s1. The van der Waals surface area contributed by atoms with Crippen LogP contribution in [0.25, 0.3) is 0 Å². The van der Waals surface area contributed by atoms with Gasteiger partial charge in [0.25, 0.3) is 11.5 Å². The molecule has 2 heterocycles. The van der Waals surface area contributed by atoms with Crippen molar-refractivity contribution in [1.82, 2.24) is 9.78 Å². The van der Waals surface area contributed by atoms with E-state index in [-0.39, 0.29) is 24.2 Å². The van der Waals surface area contributed by atoms with Gasteiger partial charge in [0, 0.05) is 29.5 Å². The third-order valence-electron chi connectivity index (χ3n) is 5.16. The summed E-state index contributed by atoms with van der Waals surface area (Å²) >= 11 is 0. The van der Waals surface area contributed by atoms with Crippen molar-refractivity contribution in [2.24, 2.45) is 0 Å². The van der Waals surface area contributed by atoms with Gasteiger partial charge < -0.3 is 15.0 Å². The molecule has 0 unspecified atom stereocenters. The fraction of sp³-hybridized carbons (Fsp3) is 0.217. The predicted octanol–water partition coefficient (Wildman–Crippen LogP) is 2.48. The number of rotatable bonds is 5. The average molecular weight is 418 g/mol. The SMILES string of the molecule is COc1cccc(NC(=O)Cn2nc(C(=O)N3c4ccccc4C[C@@H]3C)ccc2=O)c1. The van der Waals surface area contributed by atoms with Crippen molar-refractivity contribution in [1.29, 1.82) is 0 Å². The molecule has 158 valence electrons. The summed E-state index contributed by atoms with van der Waals surface area (Å²) in [5, 5.41) is 6.87. The molecule has 2 aromatic carbocycles. The van der Waals surface area contributed by atoms with Gasteiger partial charge in [-0.1, -0.05) is 24.3 Å². The minimum Gasteiger partial charge on any atom is -0.497 e. The summed E-state index contributed by atoms with van der Waals surface area (Å²) in [6, 6.07) is 17.2. The molecule has 1 aromatic heterocycles. The molecule has 0 spiro atoms. The molecule has 8 heteroatoms. The molecule has 1 aliphatic rings. The summed E-state index contributed by atoms with van der Waals surface area (Å²) < 4.78 is 6.13. The lowest BCUT2D eigenvalue weighted by Gasteiger charge is -2.22. The molecule has 0 saturated heterocycles.